The van der Waals surface area contributed by atoms with Crippen LogP contribution in [0.4, 0.5) is 0 Å². The third-order valence-electron chi connectivity index (χ3n) is 4.80. The van der Waals surface area contributed by atoms with Crippen LogP contribution in [0.5, 0.6) is 0 Å². The summed E-state index contributed by atoms with van der Waals surface area (Å²) in [5, 5.41) is 1.95. The Morgan fingerprint density at radius 1 is 1.33 bits per heavy atom. The number of ether oxygens (including phenoxy) is 1. The van der Waals surface area contributed by atoms with Gasteiger partial charge in [0.05, 0.1) is 18.2 Å². The van der Waals surface area contributed by atoms with E-state index in [0.717, 1.165) is 16.2 Å². The Morgan fingerprint density at radius 3 is 2.85 bits per heavy atom. The smallest absolute Gasteiger partial charge is 0.309 e. The molecule has 1 fully saturated rings. The molecule has 0 bridgehead atoms. The Labute approximate surface area is 160 Å². The second-order valence-electron chi connectivity index (χ2n) is 6.42. The number of piperidine rings is 1. The molecule has 1 amide bonds. The number of nitrogens with zero attached hydrogens (tertiary/aromatic N) is 4. The molecule has 1 aliphatic rings. The summed E-state index contributed by atoms with van der Waals surface area (Å²) in [7, 11) is 0. The average molecular weight is 384 g/mol. The molecule has 0 N–H and O–H groups in total. The van der Waals surface area contributed by atoms with Crippen LogP contribution in [0.3, 0.4) is 0 Å². The van der Waals surface area contributed by atoms with Crippen LogP contribution in [0.1, 0.15) is 30.3 Å². The second-order valence-corrected chi connectivity index (χ2v) is 7.30. The van der Waals surface area contributed by atoms with E-state index in [-0.39, 0.29) is 17.8 Å². The van der Waals surface area contributed by atoms with Crippen molar-refractivity contribution in [3.63, 3.8) is 0 Å². The molecule has 1 saturated heterocycles. The Morgan fingerprint density at radius 2 is 2.15 bits per heavy atom. The van der Waals surface area contributed by atoms with Gasteiger partial charge in [-0.15, -0.1) is 11.3 Å². The monoisotopic (exact) mass is 384 g/mol. The van der Waals surface area contributed by atoms with E-state index in [2.05, 4.69) is 9.97 Å². The highest BCUT2D eigenvalue weighted by Crippen LogP contribution is 2.29. The molecule has 7 nitrogen and oxygen atoms in total. The van der Waals surface area contributed by atoms with Crippen molar-refractivity contribution < 1.29 is 14.3 Å². The summed E-state index contributed by atoms with van der Waals surface area (Å²) in [6.45, 7) is 3.25. The van der Waals surface area contributed by atoms with Gasteiger partial charge in [-0.1, -0.05) is 0 Å². The van der Waals surface area contributed by atoms with Crippen LogP contribution in [0.2, 0.25) is 0 Å². The minimum Gasteiger partial charge on any atom is -0.466 e. The van der Waals surface area contributed by atoms with E-state index >= 15 is 0 Å². The zero-order valence-corrected chi connectivity index (χ0v) is 15.8. The van der Waals surface area contributed by atoms with Gasteiger partial charge < -0.3 is 9.64 Å². The Hall–Kier alpha value is -2.74. The van der Waals surface area contributed by atoms with Crippen LogP contribution < -0.4 is 0 Å². The molecule has 3 aromatic rings. The summed E-state index contributed by atoms with van der Waals surface area (Å²) >= 11 is 1.49. The highest BCUT2D eigenvalue weighted by Gasteiger charge is 2.31. The van der Waals surface area contributed by atoms with Gasteiger partial charge in [0, 0.05) is 42.6 Å². The van der Waals surface area contributed by atoms with E-state index in [0.29, 0.717) is 38.2 Å². The van der Waals surface area contributed by atoms with E-state index in [4.69, 9.17) is 4.74 Å². The number of hydrogen-bond donors (Lipinski definition) is 0. The maximum absolute atomic E-state index is 13.2. The SMILES string of the molecule is CCOC(=O)C1CCN(C(=O)c2nc3sccn3c2-c2cccnc2)CC1. The van der Waals surface area contributed by atoms with Gasteiger partial charge in [0.1, 0.15) is 0 Å². The number of esters is 1. The van der Waals surface area contributed by atoms with Gasteiger partial charge in [0.2, 0.25) is 0 Å². The van der Waals surface area contributed by atoms with Crippen molar-refractivity contribution in [3.05, 3.63) is 41.8 Å². The molecule has 4 rings (SSSR count). The molecule has 0 spiro atoms. The van der Waals surface area contributed by atoms with Crippen molar-refractivity contribution in [2.45, 2.75) is 19.8 Å². The van der Waals surface area contributed by atoms with Crippen LogP contribution in [0.25, 0.3) is 16.2 Å². The average Bonchev–Trinajstić information content (AvgIpc) is 3.29. The predicted molar refractivity (Wildman–Crippen MR) is 102 cm³/mol. The number of pyridine rings is 1. The van der Waals surface area contributed by atoms with Gasteiger partial charge in [-0.05, 0) is 31.9 Å². The largest absolute Gasteiger partial charge is 0.466 e. The summed E-state index contributed by atoms with van der Waals surface area (Å²) in [4.78, 5) is 36.4. The van der Waals surface area contributed by atoms with E-state index < -0.39 is 0 Å². The van der Waals surface area contributed by atoms with Crippen LogP contribution >= 0.6 is 11.3 Å². The van der Waals surface area contributed by atoms with E-state index in [1.54, 1.807) is 24.2 Å². The Bertz CT molecular complexity index is 958. The highest BCUT2D eigenvalue weighted by atomic mass is 32.1. The fourth-order valence-electron chi connectivity index (χ4n) is 3.44. The first-order chi connectivity index (χ1) is 13.2. The molecule has 0 radical (unpaired) electrons. The van der Waals surface area contributed by atoms with E-state index in [1.165, 1.54) is 11.3 Å². The number of fused-ring (bicyclic) bond motifs is 1. The third kappa shape index (κ3) is 3.32. The summed E-state index contributed by atoms with van der Waals surface area (Å²) < 4.78 is 7.04. The quantitative estimate of drug-likeness (QED) is 0.647. The second kappa shape index (κ2) is 7.48. The number of thiazole rings is 1. The normalized spacial score (nSPS) is 15.2. The Kier molecular flexibility index (Phi) is 4.89. The summed E-state index contributed by atoms with van der Waals surface area (Å²) in [5.41, 5.74) is 2.05. The van der Waals surface area contributed by atoms with Crippen LogP contribution in [0.15, 0.2) is 36.1 Å². The number of hydrogen-bond acceptors (Lipinski definition) is 6. The molecule has 0 aliphatic carbocycles. The molecule has 0 unspecified atom stereocenters. The van der Waals surface area contributed by atoms with Gasteiger partial charge in [-0.25, -0.2) is 4.98 Å². The van der Waals surface area contributed by atoms with Gasteiger partial charge in [-0.3, -0.25) is 19.0 Å². The molecule has 3 aromatic heterocycles. The third-order valence-corrected chi connectivity index (χ3v) is 5.56. The molecule has 0 saturated carbocycles. The van der Waals surface area contributed by atoms with Crippen molar-refractivity contribution in [1.29, 1.82) is 0 Å². The lowest BCUT2D eigenvalue weighted by Gasteiger charge is -2.30. The molecule has 1 aliphatic heterocycles. The number of carbonyl (C=O) groups excluding carboxylic acids is 2. The summed E-state index contributed by atoms with van der Waals surface area (Å²) in [6, 6.07) is 3.78. The lowest BCUT2D eigenvalue weighted by Crippen LogP contribution is -2.41. The molecule has 4 heterocycles. The number of aromatic nitrogens is 3. The molecule has 0 aromatic carbocycles. The maximum atomic E-state index is 13.2. The fraction of sp³-hybridized carbons (Fsp3) is 0.368. The molecule has 140 valence electrons. The number of amides is 1. The number of imidazole rings is 1. The van der Waals surface area contributed by atoms with Crippen molar-refractivity contribution >= 4 is 28.2 Å². The fourth-order valence-corrected chi connectivity index (χ4v) is 4.16. The van der Waals surface area contributed by atoms with E-state index in [9.17, 15) is 9.59 Å². The van der Waals surface area contributed by atoms with Gasteiger partial charge in [0.15, 0.2) is 10.7 Å². The van der Waals surface area contributed by atoms with Gasteiger partial charge in [-0.2, -0.15) is 0 Å². The van der Waals surface area contributed by atoms with E-state index in [1.807, 2.05) is 28.1 Å². The minimum absolute atomic E-state index is 0.105. The predicted octanol–water partition coefficient (Wildman–Crippen LogP) is 2.87. The molecule has 8 heteroatoms. The lowest BCUT2D eigenvalue weighted by molar-refractivity contribution is -0.149. The lowest BCUT2D eigenvalue weighted by atomic mass is 9.96. The number of likely N-dealkylation sites (tertiary alicyclic amines) is 1. The maximum Gasteiger partial charge on any atom is 0.309 e. The van der Waals surface area contributed by atoms with Crippen molar-refractivity contribution in [2.75, 3.05) is 19.7 Å². The zero-order chi connectivity index (χ0) is 18.8. The molecule has 0 atom stereocenters. The first kappa shape index (κ1) is 17.7. The van der Waals surface area contributed by atoms with Gasteiger partial charge >= 0.3 is 5.97 Å². The summed E-state index contributed by atoms with van der Waals surface area (Å²) in [5.74, 6) is -0.396. The topological polar surface area (TPSA) is 76.8 Å². The van der Waals surface area contributed by atoms with Crippen LogP contribution in [-0.4, -0.2) is 50.8 Å². The Balaban J connectivity index is 1.59. The van der Waals surface area contributed by atoms with Crippen LogP contribution in [-0.2, 0) is 9.53 Å². The van der Waals surface area contributed by atoms with Crippen molar-refractivity contribution in [2.24, 2.45) is 5.92 Å². The van der Waals surface area contributed by atoms with Crippen LogP contribution in [0, 0.1) is 5.92 Å². The highest BCUT2D eigenvalue weighted by molar-refractivity contribution is 7.15. The van der Waals surface area contributed by atoms with Crippen molar-refractivity contribution in [3.8, 4) is 11.3 Å². The first-order valence-electron chi connectivity index (χ1n) is 9.01. The number of rotatable bonds is 4. The standard InChI is InChI=1S/C19H20N4O3S/c1-2-26-18(25)13-5-8-22(9-6-13)17(24)15-16(14-4-3-7-20-12-14)23-10-11-27-19(23)21-15/h3-4,7,10-13H,2,5-6,8-9H2,1H3. The number of carbonyl (C=O) groups is 2. The molecular weight excluding hydrogens is 364 g/mol. The molecule has 27 heavy (non-hydrogen) atoms. The zero-order valence-electron chi connectivity index (χ0n) is 15.0. The molecular formula is C19H20N4O3S. The van der Waals surface area contributed by atoms with Crippen molar-refractivity contribution in [1.82, 2.24) is 19.3 Å². The minimum atomic E-state index is -0.164. The summed E-state index contributed by atoms with van der Waals surface area (Å²) in [6.07, 6.45) is 6.60. The first-order valence-corrected chi connectivity index (χ1v) is 9.89. The van der Waals surface area contributed by atoms with Gasteiger partial charge in [0.25, 0.3) is 5.91 Å².